The van der Waals surface area contributed by atoms with E-state index in [1.165, 1.54) is 0 Å². The Balaban J connectivity index is 1.67. The maximum absolute atomic E-state index is 12.8. The summed E-state index contributed by atoms with van der Waals surface area (Å²) < 4.78 is 0. The first kappa shape index (κ1) is 18.2. The number of aryl methyl sites for hydroxylation is 2. The number of rotatable bonds is 5. The Hall–Kier alpha value is -2.62. The van der Waals surface area contributed by atoms with Crippen LogP contribution in [0.25, 0.3) is 0 Å². The van der Waals surface area contributed by atoms with E-state index >= 15 is 0 Å². The van der Waals surface area contributed by atoms with Crippen LogP contribution in [0.5, 0.6) is 0 Å². The van der Waals surface area contributed by atoms with E-state index in [4.69, 9.17) is 0 Å². The number of para-hydroxylation sites is 1. The second-order valence-electron chi connectivity index (χ2n) is 7.07. The van der Waals surface area contributed by atoms with Gasteiger partial charge in [0.2, 0.25) is 11.8 Å². The van der Waals surface area contributed by atoms with Gasteiger partial charge in [0.15, 0.2) is 0 Å². The van der Waals surface area contributed by atoms with Crippen LogP contribution in [0.3, 0.4) is 0 Å². The molecule has 0 aliphatic carbocycles. The smallest absolute Gasteiger partial charge is 0.227 e. The summed E-state index contributed by atoms with van der Waals surface area (Å²) in [5.74, 6) is -0.0538. The highest BCUT2D eigenvalue weighted by atomic mass is 16.2. The maximum atomic E-state index is 12.8. The molecule has 4 heteroatoms. The van der Waals surface area contributed by atoms with Crippen LogP contribution >= 0.6 is 0 Å². The molecule has 0 fully saturated rings. The number of nitrogens with one attached hydrogen (secondary N) is 1. The lowest BCUT2D eigenvalue weighted by atomic mass is 9.89. The molecule has 2 aromatic carbocycles. The highest BCUT2D eigenvalue weighted by molar-refractivity contribution is 5.97. The van der Waals surface area contributed by atoms with Gasteiger partial charge in [0, 0.05) is 30.3 Å². The molecular formula is C22H26N2O2. The van der Waals surface area contributed by atoms with E-state index in [9.17, 15) is 9.59 Å². The van der Waals surface area contributed by atoms with Crippen molar-refractivity contribution in [3.63, 3.8) is 0 Å². The molecule has 0 aromatic heterocycles. The quantitative estimate of drug-likeness (QED) is 0.876. The van der Waals surface area contributed by atoms with E-state index in [2.05, 4.69) is 11.4 Å². The molecule has 0 spiro atoms. The summed E-state index contributed by atoms with van der Waals surface area (Å²) in [5.41, 5.74) is 5.27. The maximum Gasteiger partial charge on any atom is 0.227 e. The summed E-state index contributed by atoms with van der Waals surface area (Å²) in [6, 6.07) is 14.1. The lowest BCUT2D eigenvalue weighted by Gasteiger charge is -2.26. The fraction of sp³-hybridized carbons (Fsp3) is 0.364. The average Bonchev–Trinajstić information content (AvgIpc) is 2.59. The number of carbonyl (C=O) groups excluding carboxylic acids is 2. The molecule has 0 saturated carbocycles. The fourth-order valence-corrected chi connectivity index (χ4v) is 3.69. The zero-order chi connectivity index (χ0) is 18.7. The zero-order valence-electron chi connectivity index (χ0n) is 15.7. The lowest BCUT2D eigenvalue weighted by Crippen LogP contribution is -2.34. The van der Waals surface area contributed by atoms with Crippen LogP contribution in [0.4, 0.5) is 11.4 Å². The van der Waals surface area contributed by atoms with Gasteiger partial charge < -0.3 is 10.2 Å². The van der Waals surface area contributed by atoms with Gasteiger partial charge in [0.1, 0.15) is 0 Å². The van der Waals surface area contributed by atoms with Gasteiger partial charge in [-0.2, -0.15) is 0 Å². The van der Waals surface area contributed by atoms with Crippen molar-refractivity contribution < 1.29 is 9.59 Å². The van der Waals surface area contributed by atoms with Crippen LogP contribution in [0.15, 0.2) is 42.5 Å². The molecule has 0 radical (unpaired) electrons. The summed E-state index contributed by atoms with van der Waals surface area (Å²) in [7, 11) is 0. The molecule has 136 valence electrons. The van der Waals surface area contributed by atoms with Crippen molar-refractivity contribution in [1.29, 1.82) is 0 Å². The van der Waals surface area contributed by atoms with Crippen LogP contribution in [-0.4, -0.2) is 18.4 Å². The Bertz CT molecular complexity index is 808. The first-order chi connectivity index (χ1) is 12.5. The predicted octanol–water partition coefficient (Wildman–Crippen LogP) is 4.25. The Morgan fingerprint density at radius 3 is 2.54 bits per heavy atom. The Kier molecular flexibility index (Phi) is 5.40. The highest BCUT2D eigenvalue weighted by Crippen LogP contribution is 2.28. The number of amides is 2. The van der Waals surface area contributed by atoms with Gasteiger partial charge in [-0.15, -0.1) is 0 Å². The molecule has 1 aliphatic heterocycles. The van der Waals surface area contributed by atoms with E-state index in [1.54, 1.807) is 0 Å². The minimum Gasteiger partial charge on any atom is -0.326 e. The molecule has 1 atom stereocenters. The molecule has 1 heterocycles. The molecule has 1 aliphatic rings. The standard InChI is InChI=1S/C22H26N2O2/c1-4-24(19-12-15(2)11-16(3)13-19)21(25)10-9-18-14-17-7-5-6-8-20(17)23-22(18)26/h5-8,11-13,18H,4,9-10,14H2,1-3H3,(H,23,26). The zero-order valence-corrected chi connectivity index (χ0v) is 15.7. The number of hydrogen-bond donors (Lipinski definition) is 1. The third-order valence-electron chi connectivity index (χ3n) is 4.95. The largest absolute Gasteiger partial charge is 0.326 e. The molecule has 26 heavy (non-hydrogen) atoms. The minimum atomic E-state index is -0.146. The second-order valence-corrected chi connectivity index (χ2v) is 7.07. The first-order valence-electron chi connectivity index (χ1n) is 9.25. The second kappa shape index (κ2) is 7.73. The van der Waals surface area contributed by atoms with E-state index in [-0.39, 0.29) is 17.7 Å². The van der Waals surface area contributed by atoms with Crippen molar-refractivity contribution in [3.05, 3.63) is 59.2 Å². The SMILES string of the molecule is CCN(C(=O)CCC1Cc2ccccc2NC1=O)c1cc(C)cc(C)c1. The molecule has 1 unspecified atom stereocenters. The van der Waals surface area contributed by atoms with Crippen molar-refractivity contribution in [3.8, 4) is 0 Å². The third-order valence-corrected chi connectivity index (χ3v) is 4.95. The van der Waals surface area contributed by atoms with Crippen molar-refractivity contribution in [2.24, 2.45) is 5.92 Å². The van der Waals surface area contributed by atoms with Crippen molar-refractivity contribution in [2.75, 3.05) is 16.8 Å². The van der Waals surface area contributed by atoms with Crippen molar-refractivity contribution >= 4 is 23.2 Å². The Labute approximate surface area is 155 Å². The van der Waals surface area contributed by atoms with E-state index in [0.717, 1.165) is 28.1 Å². The third kappa shape index (κ3) is 3.96. The highest BCUT2D eigenvalue weighted by Gasteiger charge is 2.27. The molecule has 4 nitrogen and oxygen atoms in total. The van der Waals surface area contributed by atoms with Crippen molar-refractivity contribution in [1.82, 2.24) is 0 Å². The number of benzene rings is 2. The molecule has 1 N–H and O–H groups in total. The van der Waals surface area contributed by atoms with Gasteiger partial charge in [-0.1, -0.05) is 24.3 Å². The van der Waals surface area contributed by atoms with E-state index in [1.807, 2.05) is 62.1 Å². The molecule has 2 amide bonds. The minimum absolute atomic E-state index is 0.0194. The van der Waals surface area contributed by atoms with Gasteiger partial charge in [0.25, 0.3) is 0 Å². The Morgan fingerprint density at radius 2 is 1.85 bits per heavy atom. The first-order valence-corrected chi connectivity index (χ1v) is 9.25. The molecule has 2 aromatic rings. The van der Waals surface area contributed by atoms with Crippen LogP contribution in [0.2, 0.25) is 0 Å². The molecule has 0 bridgehead atoms. The number of fused-ring (bicyclic) bond motifs is 1. The molecule has 3 rings (SSSR count). The normalized spacial score (nSPS) is 16.0. The number of anilines is 2. The van der Waals surface area contributed by atoms with E-state index < -0.39 is 0 Å². The van der Waals surface area contributed by atoms with Crippen LogP contribution in [0.1, 0.15) is 36.5 Å². The summed E-state index contributed by atoms with van der Waals surface area (Å²) in [6.45, 7) is 6.69. The van der Waals surface area contributed by atoms with E-state index in [0.29, 0.717) is 25.8 Å². The predicted molar refractivity (Wildman–Crippen MR) is 105 cm³/mol. The van der Waals surface area contributed by atoms with Crippen molar-refractivity contribution in [2.45, 2.75) is 40.0 Å². The summed E-state index contributed by atoms with van der Waals surface area (Å²) >= 11 is 0. The average molecular weight is 350 g/mol. The number of nitrogens with zero attached hydrogens (tertiary/aromatic N) is 1. The molecule has 0 saturated heterocycles. The Morgan fingerprint density at radius 1 is 1.15 bits per heavy atom. The summed E-state index contributed by atoms with van der Waals surface area (Å²) in [4.78, 5) is 26.9. The fourth-order valence-electron chi connectivity index (χ4n) is 3.69. The van der Waals surface area contributed by atoms with Crippen LogP contribution in [0, 0.1) is 19.8 Å². The van der Waals surface area contributed by atoms with Crippen LogP contribution < -0.4 is 10.2 Å². The van der Waals surface area contributed by atoms with Gasteiger partial charge >= 0.3 is 0 Å². The monoisotopic (exact) mass is 350 g/mol. The number of hydrogen-bond acceptors (Lipinski definition) is 2. The summed E-state index contributed by atoms with van der Waals surface area (Å²) in [5, 5.41) is 2.96. The van der Waals surface area contributed by atoms with Gasteiger partial charge in [-0.05, 0) is 68.5 Å². The molecular weight excluding hydrogens is 324 g/mol. The van der Waals surface area contributed by atoms with Crippen LogP contribution in [-0.2, 0) is 16.0 Å². The topological polar surface area (TPSA) is 49.4 Å². The van der Waals surface area contributed by atoms with Gasteiger partial charge in [0.05, 0.1) is 0 Å². The number of carbonyl (C=O) groups is 2. The van der Waals surface area contributed by atoms with Gasteiger partial charge in [-0.25, -0.2) is 0 Å². The lowest BCUT2D eigenvalue weighted by molar-refractivity contribution is -0.121. The van der Waals surface area contributed by atoms with Gasteiger partial charge in [-0.3, -0.25) is 9.59 Å². The summed E-state index contributed by atoms with van der Waals surface area (Å²) in [6.07, 6.45) is 1.65.